The Labute approximate surface area is 110 Å². The number of benzene rings is 1. The van der Waals surface area contributed by atoms with Crippen LogP contribution in [0.5, 0.6) is 0 Å². The van der Waals surface area contributed by atoms with E-state index in [9.17, 15) is 4.79 Å². The van der Waals surface area contributed by atoms with E-state index in [0.29, 0.717) is 12.2 Å². The standard InChI is InChI=1S/C14H13N3O2/c1-17-12-3-2-9(6-10(12)7-14(17)19)11-4-5-15-13(8-18)16-11/h2-6,18H,7-8H2,1H3. The van der Waals surface area contributed by atoms with Gasteiger partial charge in [0.25, 0.3) is 0 Å². The molecule has 0 aliphatic carbocycles. The molecule has 1 N–H and O–H groups in total. The minimum Gasteiger partial charge on any atom is -0.388 e. The Kier molecular flexibility index (Phi) is 2.76. The number of carbonyl (C=O) groups is 1. The summed E-state index contributed by atoms with van der Waals surface area (Å²) >= 11 is 0. The highest BCUT2D eigenvalue weighted by atomic mass is 16.3. The summed E-state index contributed by atoms with van der Waals surface area (Å²) in [5.74, 6) is 0.497. The zero-order valence-electron chi connectivity index (χ0n) is 10.5. The van der Waals surface area contributed by atoms with Gasteiger partial charge in [0, 0.05) is 24.5 Å². The lowest BCUT2D eigenvalue weighted by Gasteiger charge is -2.10. The van der Waals surface area contributed by atoms with Crippen LogP contribution in [0.3, 0.4) is 0 Å². The van der Waals surface area contributed by atoms with Crippen LogP contribution in [-0.2, 0) is 17.8 Å². The van der Waals surface area contributed by atoms with E-state index >= 15 is 0 Å². The monoisotopic (exact) mass is 255 g/mol. The molecule has 1 aromatic carbocycles. The second-order valence-corrected chi connectivity index (χ2v) is 4.49. The molecule has 1 aliphatic heterocycles. The Balaban J connectivity index is 2.03. The molecule has 2 aromatic rings. The van der Waals surface area contributed by atoms with Crippen LogP contribution in [0, 0.1) is 0 Å². The number of aliphatic hydroxyl groups excluding tert-OH is 1. The molecule has 0 saturated carbocycles. The van der Waals surface area contributed by atoms with Gasteiger partial charge in [-0.15, -0.1) is 0 Å². The molecule has 1 amide bonds. The first kappa shape index (κ1) is 11.8. The molecule has 1 aromatic heterocycles. The number of hydrogen-bond donors (Lipinski definition) is 1. The number of aliphatic hydroxyl groups is 1. The molecule has 5 nitrogen and oxygen atoms in total. The van der Waals surface area contributed by atoms with E-state index in [2.05, 4.69) is 9.97 Å². The summed E-state index contributed by atoms with van der Waals surface area (Å²) in [6, 6.07) is 7.62. The van der Waals surface area contributed by atoms with Crippen LogP contribution in [0.2, 0.25) is 0 Å². The number of carbonyl (C=O) groups excluding carboxylic acids is 1. The van der Waals surface area contributed by atoms with Gasteiger partial charge in [0.15, 0.2) is 5.82 Å². The van der Waals surface area contributed by atoms with Gasteiger partial charge in [-0.3, -0.25) is 4.79 Å². The lowest BCUT2D eigenvalue weighted by atomic mass is 10.1. The SMILES string of the molecule is CN1C(=O)Cc2cc(-c3ccnc(CO)n3)ccc21. The molecule has 0 spiro atoms. The van der Waals surface area contributed by atoms with Crippen molar-refractivity contribution in [1.29, 1.82) is 0 Å². The van der Waals surface area contributed by atoms with Gasteiger partial charge in [0.2, 0.25) is 5.91 Å². The predicted molar refractivity (Wildman–Crippen MR) is 70.5 cm³/mol. The zero-order valence-corrected chi connectivity index (χ0v) is 10.5. The van der Waals surface area contributed by atoms with Gasteiger partial charge >= 0.3 is 0 Å². The molecule has 0 fully saturated rings. The average molecular weight is 255 g/mol. The second-order valence-electron chi connectivity index (χ2n) is 4.49. The first-order chi connectivity index (χ1) is 9.19. The molecule has 2 heterocycles. The normalized spacial score (nSPS) is 13.8. The van der Waals surface area contributed by atoms with Crippen LogP contribution in [0.4, 0.5) is 5.69 Å². The molecule has 96 valence electrons. The Morgan fingerprint density at radius 3 is 3.00 bits per heavy atom. The van der Waals surface area contributed by atoms with Gasteiger partial charge in [-0.05, 0) is 23.8 Å². The lowest BCUT2D eigenvalue weighted by molar-refractivity contribution is -0.117. The van der Waals surface area contributed by atoms with Crippen molar-refractivity contribution in [3.8, 4) is 11.3 Å². The summed E-state index contributed by atoms with van der Waals surface area (Å²) in [6.07, 6.45) is 2.05. The van der Waals surface area contributed by atoms with Crippen molar-refractivity contribution in [2.45, 2.75) is 13.0 Å². The van der Waals surface area contributed by atoms with Gasteiger partial charge in [-0.1, -0.05) is 6.07 Å². The van der Waals surface area contributed by atoms with E-state index in [0.717, 1.165) is 22.5 Å². The molecule has 0 saturated heterocycles. The number of amides is 1. The molecule has 0 bridgehead atoms. The Morgan fingerprint density at radius 1 is 1.37 bits per heavy atom. The number of aromatic nitrogens is 2. The first-order valence-corrected chi connectivity index (χ1v) is 6.01. The van der Waals surface area contributed by atoms with Crippen molar-refractivity contribution >= 4 is 11.6 Å². The van der Waals surface area contributed by atoms with Gasteiger partial charge in [0.1, 0.15) is 6.61 Å². The molecule has 5 heteroatoms. The second kappa shape index (κ2) is 4.44. The van der Waals surface area contributed by atoms with Gasteiger partial charge < -0.3 is 10.0 Å². The fourth-order valence-corrected chi connectivity index (χ4v) is 2.27. The highest BCUT2D eigenvalue weighted by Crippen LogP contribution is 2.31. The maximum Gasteiger partial charge on any atom is 0.231 e. The first-order valence-electron chi connectivity index (χ1n) is 6.01. The van der Waals surface area contributed by atoms with Crippen molar-refractivity contribution in [1.82, 2.24) is 9.97 Å². The van der Waals surface area contributed by atoms with Crippen LogP contribution in [0.1, 0.15) is 11.4 Å². The number of likely N-dealkylation sites (N-methyl/N-ethyl adjacent to an activating group) is 1. The van der Waals surface area contributed by atoms with Gasteiger partial charge in [-0.25, -0.2) is 9.97 Å². The average Bonchev–Trinajstić information content (AvgIpc) is 2.73. The van der Waals surface area contributed by atoms with Crippen molar-refractivity contribution in [3.63, 3.8) is 0 Å². The largest absolute Gasteiger partial charge is 0.388 e. The summed E-state index contributed by atoms with van der Waals surface area (Å²) in [7, 11) is 1.78. The van der Waals surface area contributed by atoms with Crippen molar-refractivity contribution in [2.24, 2.45) is 0 Å². The Morgan fingerprint density at radius 2 is 2.21 bits per heavy atom. The summed E-state index contributed by atoms with van der Waals surface area (Å²) < 4.78 is 0. The molecule has 0 unspecified atom stereocenters. The molecule has 19 heavy (non-hydrogen) atoms. The molecule has 0 atom stereocenters. The van der Waals surface area contributed by atoms with Crippen LogP contribution in [0.15, 0.2) is 30.5 Å². The van der Waals surface area contributed by atoms with Crippen LogP contribution < -0.4 is 4.90 Å². The zero-order chi connectivity index (χ0) is 13.4. The fourth-order valence-electron chi connectivity index (χ4n) is 2.27. The van der Waals surface area contributed by atoms with Crippen LogP contribution >= 0.6 is 0 Å². The van der Waals surface area contributed by atoms with E-state index in [1.54, 1.807) is 24.2 Å². The number of hydrogen-bond acceptors (Lipinski definition) is 4. The fraction of sp³-hybridized carbons (Fsp3) is 0.214. The summed E-state index contributed by atoms with van der Waals surface area (Å²) in [4.78, 5) is 21.5. The summed E-state index contributed by atoms with van der Waals surface area (Å²) in [5, 5.41) is 9.06. The topological polar surface area (TPSA) is 66.3 Å². The van der Waals surface area contributed by atoms with Crippen molar-refractivity contribution in [3.05, 3.63) is 41.9 Å². The van der Waals surface area contributed by atoms with Crippen LogP contribution in [0.25, 0.3) is 11.3 Å². The lowest BCUT2D eigenvalue weighted by Crippen LogP contribution is -2.20. The molecular weight excluding hydrogens is 242 g/mol. The molecule has 1 aliphatic rings. The highest BCUT2D eigenvalue weighted by Gasteiger charge is 2.24. The highest BCUT2D eigenvalue weighted by molar-refractivity contribution is 6.01. The van der Waals surface area contributed by atoms with Crippen molar-refractivity contribution < 1.29 is 9.90 Å². The smallest absolute Gasteiger partial charge is 0.231 e. The molecular formula is C14H13N3O2. The summed E-state index contributed by atoms with van der Waals surface area (Å²) in [5.41, 5.74) is 3.64. The maximum atomic E-state index is 11.6. The van der Waals surface area contributed by atoms with Crippen LogP contribution in [-0.4, -0.2) is 28.0 Å². The number of anilines is 1. The third-order valence-corrected chi connectivity index (χ3v) is 3.30. The minimum absolute atomic E-state index is 0.103. The number of nitrogens with zero attached hydrogens (tertiary/aromatic N) is 3. The van der Waals surface area contributed by atoms with E-state index < -0.39 is 0 Å². The number of rotatable bonds is 2. The van der Waals surface area contributed by atoms with E-state index in [-0.39, 0.29) is 12.5 Å². The van der Waals surface area contributed by atoms with Gasteiger partial charge in [-0.2, -0.15) is 0 Å². The molecule has 0 radical (unpaired) electrons. The van der Waals surface area contributed by atoms with Crippen molar-refractivity contribution in [2.75, 3.05) is 11.9 Å². The Bertz CT molecular complexity index is 655. The van der Waals surface area contributed by atoms with E-state index in [4.69, 9.17) is 5.11 Å². The third kappa shape index (κ3) is 1.98. The third-order valence-electron chi connectivity index (χ3n) is 3.30. The predicted octanol–water partition coefficient (Wildman–Crippen LogP) is 1.15. The number of fused-ring (bicyclic) bond motifs is 1. The Hall–Kier alpha value is -2.27. The van der Waals surface area contributed by atoms with E-state index in [1.807, 2.05) is 18.2 Å². The maximum absolute atomic E-state index is 11.6. The van der Waals surface area contributed by atoms with E-state index in [1.165, 1.54) is 0 Å². The summed E-state index contributed by atoms with van der Waals surface area (Å²) in [6.45, 7) is -0.181. The minimum atomic E-state index is -0.181. The van der Waals surface area contributed by atoms with Gasteiger partial charge in [0.05, 0.1) is 12.1 Å². The molecule has 3 rings (SSSR count). The quantitative estimate of drug-likeness (QED) is 0.874.